The number of rotatable bonds is 8. The summed E-state index contributed by atoms with van der Waals surface area (Å²) in [4.78, 5) is 12.5. The molecule has 6 nitrogen and oxygen atoms in total. The van der Waals surface area contributed by atoms with Gasteiger partial charge in [0.2, 0.25) is 10.0 Å². The molecule has 0 unspecified atom stereocenters. The van der Waals surface area contributed by atoms with E-state index in [1.54, 1.807) is 0 Å². The average molecular weight is 425 g/mol. The molecule has 0 spiro atoms. The summed E-state index contributed by atoms with van der Waals surface area (Å²) in [6.45, 7) is 5.08. The van der Waals surface area contributed by atoms with Crippen LogP contribution < -0.4 is 10.1 Å². The molecule has 2 aromatic rings. The van der Waals surface area contributed by atoms with Crippen molar-refractivity contribution in [2.45, 2.75) is 25.3 Å². The van der Waals surface area contributed by atoms with E-state index in [0.29, 0.717) is 12.5 Å². The summed E-state index contributed by atoms with van der Waals surface area (Å²) in [6.07, 6.45) is 0. The minimum absolute atomic E-state index is 0.0127. The maximum absolute atomic E-state index is 12.5. The van der Waals surface area contributed by atoms with Crippen LogP contribution in [0.2, 0.25) is 5.02 Å². The highest BCUT2D eigenvalue weighted by atomic mass is 35.5. The van der Waals surface area contributed by atoms with E-state index in [2.05, 4.69) is 19.2 Å². The number of hydrogen-bond donors (Lipinski definition) is 1. The van der Waals surface area contributed by atoms with Crippen LogP contribution in [0.4, 0.5) is 0 Å². The van der Waals surface area contributed by atoms with Gasteiger partial charge in [0, 0.05) is 20.6 Å². The maximum atomic E-state index is 12.5. The van der Waals surface area contributed by atoms with Crippen molar-refractivity contribution >= 4 is 27.5 Å². The number of carbonyl (C=O) groups excluding carboxylic acids is 1. The van der Waals surface area contributed by atoms with Gasteiger partial charge >= 0.3 is 0 Å². The maximum Gasteiger partial charge on any atom is 0.253 e. The smallest absolute Gasteiger partial charge is 0.253 e. The molecule has 0 atom stereocenters. The molecule has 1 amide bonds. The van der Waals surface area contributed by atoms with Crippen LogP contribution >= 0.6 is 11.6 Å². The van der Waals surface area contributed by atoms with Gasteiger partial charge in [0.15, 0.2) is 0 Å². The second-order valence-electron chi connectivity index (χ2n) is 6.96. The van der Waals surface area contributed by atoms with Gasteiger partial charge < -0.3 is 10.1 Å². The third-order valence-electron chi connectivity index (χ3n) is 3.92. The second-order valence-corrected chi connectivity index (χ2v) is 9.52. The summed E-state index contributed by atoms with van der Waals surface area (Å²) < 4.78 is 31.2. The predicted molar refractivity (Wildman–Crippen MR) is 110 cm³/mol. The van der Waals surface area contributed by atoms with Crippen molar-refractivity contribution in [1.29, 1.82) is 0 Å². The molecule has 0 aliphatic carbocycles. The molecule has 0 aliphatic heterocycles. The third-order valence-corrected chi connectivity index (χ3v) is 6.06. The Balaban J connectivity index is 2.07. The van der Waals surface area contributed by atoms with E-state index in [0.717, 1.165) is 15.6 Å². The van der Waals surface area contributed by atoms with Gasteiger partial charge in [0.1, 0.15) is 5.75 Å². The molecule has 0 saturated heterocycles. The summed E-state index contributed by atoms with van der Waals surface area (Å²) >= 11 is 6.10. The van der Waals surface area contributed by atoms with E-state index in [9.17, 15) is 13.2 Å². The molecule has 0 aliphatic rings. The Morgan fingerprint density at radius 3 is 2.36 bits per heavy atom. The van der Waals surface area contributed by atoms with Crippen molar-refractivity contribution in [3.05, 3.63) is 58.6 Å². The van der Waals surface area contributed by atoms with Crippen LogP contribution in [0.25, 0.3) is 0 Å². The fourth-order valence-electron chi connectivity index (χ4n) is 2.29. The van der Waals surface area contributed by atoms with E-state index >= 15 is 0 Å². The highest BCUT2D eigenvalue weighted by Gasteiger charge is 2.20. The second kappa shape index (κ2) is 9.41. The fourth-order valence-corrected chi connectivity index (χ4v) is 3.43. The molecule has 0 aromatic heterocycles. The molecule has 0 heterocycles. The van der Waals surface area contributed by atoms with Crippen LogP contribution in [0.5, 0.6) is 5.75 Å². The Labute approximate surface area is 171 Å². The summed E-state index contributed by atoms with van der Waals surface area (Å²) in [5.74, 6) is 0.769. The van der Waals surface area contributed by atoms with Crippen molar-refractivity contribution in [1.82, 2.24) is 9.62 Å². The van der Waals surface area contributed by atoms with Gasteiger partial charge in [-0.25, -0.2) is 12.7 Å². The molecule has 28 heavy (non-hydrogen) atoms. The Morgan fingerprint density at radius 2 is 1.79 bits per heavy atom. The standard InChI is InChI=1S/C20H25ClN2O4S/c1-14(2)13-27-16-7-5-15(6-8-16)12-22-20(24)18-11-17(9-10-19(18)21)28(25,26)23(3)4/h5-11,14H,12-13H2,1-4H3,(H,22,24). The highest BCUT2D eigenvalue weighted by molar-refractivity contribution is 7.89. The van der Waals surface area contributed by atoms with Crippen LogP contribution in [0.1, 0.15) is 29.8 Å². The minimum atomic E-state index is -3.65. The summed E-state index contributed by atoms with van der Waals surface area (Å²) in [5, 5.41) is 2.95. The number of carbonyl (C=O) groups is 1. The lowest BCUT2D eigenvalue weighted by Gasteiger charge is -2.13. The van der Waals surface area contributed by atoms with Crippen LogP contribution in [-0.2, 0) is 16.6 Å². The lowest BCUT2D eigenvalue weighted by Crippen LogP contribution is -2.25. The molecule has 2 rings (SSSR count). The number of hydrogen-bond acceptors (Lipinski definition) is 4. The topological polar surface area (TPSA) is 75.7 Å². The van der Waals surface area contributed by atoms with E-state index in [1.165, 1.54) is 32.3 Å². The Kier molecular flexibility index (Phi) is 7.46. The molecule has 1 N–H and O–H groups in total. The zero-order valence-electron chi connectivity index (χ0n) is 16.4. The zero-order chi connectivity index (χ0) is 20.9. The molecular weight excluding hydrogens is 400 g/mol. The number of benzene rings is 2. The molecule has 152 valence electrons. The Morgan fingerprint density at radius 1 is 1.14 bits per heavy atom. The van der Waals surface area contributed by atoms with Gasteiger partial charge in [-0.05, 0) is 41.8 Å². The zero-order valence-corrected chi connectivity index (χ0v) is 18.0. The van der Waals surface area contributed by atoms with Gasteiger partial charge in [0.25, 0.3) is 5.91 Å². The number of nitrogens with zero attached hydrogens (tertiary/aromatic N) is 1. The van der Waals surface area contributed by atoms with Gasteiger partial charge in [-0.2, -0.15) is 0 Å². The normalized spacial score (nSPS) is 11.7. The first-order chi connectivity index (χ1) is 13.1. The van der Waals surface area contributed by atoms with Gasteiger partial charge in [-0.3, -0.25) is 4.79 Å². The summed E-state index contributed by atoms with van der Waals surface area (Å²) in [5.41, 5.74) is 1.000. The quantitative estimate of drug-likeness (QED) is 0.703. The Hall–Kier alpha value is -2.09. The number of nitrogens with one attached hydrogen (secondary N) is 1. The lowest BCUT2D eigenvalue weighted by molar-refractivity contribution is 0.0951. The monoisotopic (exact) mass is 424 g/mol. The van der Waals surface area contributed by atoms with Gasteiger partial charge in [-0.15, -0.1) is 0 Å². The molecule has 8 heteroatoms. The first kappa shape index (κ1) is 22.2. The third kappa shape index (κ3) is 5.70. The number of ether oxygens (including phenoxy) is 1. The molecule has 0 fully saturated rings. The van der Waals surface area contributed by atoms with Crippen LogP contribution in [0, 0.1) is 5.92 Å². The van der Waals surface area contributed by atoms with E-state index in [-0.39, 0.29) is 22.0 Å². The van der Waals surface area contributed by atoms with E-state index in [4.69, 9.17) is 16.3 Å². The average Bonchev–Trinajstić information content (AvgIpc) is 2.65. The van der Waals surface area contributed by atoms with Crippen molar-refractivity contribution < 1.29 is 17.9 Å². The van der Waals surface area contributed by atoms with Crippen molar-refractivity contribution in [3.63, 3.8) is 0 Å². The first-order valence-electron chi connectivity index (χ1n) is 8.83. The van der Waals surface area contributed by atoms with Crippen LogP contribution in [-0.4, -0.2) is 39.3 Å². The fraction of sp³-hybridized carbons (Fsp3) is 0.350. The number of halogens is 1. The van der Waals surface area contributed by atoms with Crippen molar-refractivity contribution in [3.8, 4) is 5.75 Å². The van der Waals surface area contributed by atoms with Crippen molar-refractivity contribution in [2.75, 3.05) is 20.7 Å². The SMILES string of the molecule is CC(C)COc1ccc(CNC(=O)c2cc(S(=O)(=O)N(C)C)ccc2Cl)cc1. The largest absolute Gasteiger partial charge is 0.493 e. The van der Waals surface area contributed by atoms with E-state index in [1.807, 2.05) is 24.3 Å². The highest BCUT2D eigenvalue weighted by Crippen LogP contribution is 2.22. The molecule has 2 aromatic carbocycles. The number of sulfonamides is 1. The molecule has 0 radical (unpaired) electrons. The van der Waals surface area contributed by atoms with Crippen molar-refractivity contribution in [2.24, 2.45) is 5.92 Å². The summed E-state index contributed by atoms with van der Waals surface area (Å²) in [7, 11) is -0.795. The lowest BCUT2D eigenvalue weighted by atomic mass is 10.2. The Bertz CT molecular complexity index is 926. The number of amides is 1. The first-order valence-corrected chi connectivity index (χ1v) is 10.6. The van der Waals surface area contributed by atoms with Crippen LogP contribution in [0.3, 0.4) is 0 Å². The summed E-state index contributed by atoms with van der Waals surface area (Å²) in [6, 6.07) is 11.5. The van der Waals surface area contributed by atoms with Crippen LogP contribution in [0.15, 0.2) is 47.4 Å². The molecule has 0 bridgehead atoms. The molecular formula is C20H25ClN2O4S. The molecule has 0 saturated carbocycles. The van der Waals surface area contributed by atoms with Gasteiger partial charge in [0.05, 0.1) is 22.1 Å². The van der Waals surface area contributed by atoms with E-state index < -0.39 is 15.9 Å². The predicted octanol–water partition coefficient (Wildman–Crippen LogP) is 3.56. The van der Waals surface area contributed by atoms with Gasteiger partial charge in [-0.1, -0.05) is 37.6 Å². The minimum Gasteiger partial charge on any atom is -0.493 e.